The minimum absolute atomic E-state index is 0.165. The van der Waals surface area contributed by atoms with E-state index in [4.69, 9.17) is 5.84 Å². The molecule has 0 bridgehead atoms. The molecule has 78 valence electrons. The Morgan fingerprint density at radius 3 is 2.36 bits per heavy atom. The molecule has 3 heteroatoms. The van der Waals surface area contributed by atoms with E-state index in [-0.39, 0.29) is 11.5 Å². The van der Waals surface area contributed by atoms with Crippen molar-refractivity contribution in [3.05, 3.63) is 30.1 Å². The lowest BCUT2D eigenvalue weighted by molar-refractivity contribution is 0.269. The van der Waals surface area contributed by atoms with Crippen molar-refractivity contribution in [2.45, 2.75) is 33.2 Å². The maximum absolute atomic E-state index is 5.54. The number of hydrazine groups is 1. The minimum Gasteiger partial charge on any atom is -0.271 e. The molecule has 1 aromatic heterocycles. The maximum Gasteiger partial charge on any atom is 0.0299 e. The molecule has 0 spiro atoms. The molecule has 0 saturated carbocycles. The highest BCUT2D eigenvalue weighted by Gasteiger charge is 2.23. The van der Waals surface area contributed by atoms with Crippen LogP contribution in [-0.4, -0.2) is 11.0 Å². The first-order chi connectivity index (χ1) is 6.54. The Hall–Kier alpha value is -0.930. The zero-order valence-corrected chi connectivity index (χ0v) is 9.12. The number of nitrogens with two attached hydrogens (primary N) is 1. The topological polar surface area (TPSA) is 50.9 Å². The third-order valence-electron chi connectivity index (χ3n) is 2.44. The molecule has 0 amide bonds. The molecule has 0 aliphatic rings. The molecule has 1 aromatic rings. The van der Waals surface area contributed by atoms with Crippen LogP contribution in [0.25, 0.3) is 0 Å². The van der Waals surface area contributed by atoms with Crippen LogP contribution in [0.15, 0.2) is 24.5 Å². The molecule has 1 rings (SSSR count). The molecule has 1 heterocycles. The van der Waals surface area contributed by atoms with Gasteiger partial charge in [-0.2, -0.15) is 0 Å². The molecule has 0 aliphatic heterocycles. The van der Waals surface area contributed by atoms with Crippen LogP contribution in [0.4, 0.5) is 0 Å². The van der Waals surface area contributed by atoms with Gasteiger partial charge in [0.15, 0.2) is 0 Å². The molecule has 3 nitrogen and oxygen atoms in total. The molecule has 1 atom stereocenters. The Bertz CT molecular complexity index is 264. The van der Waals surface area contributed by atoms with E-state index in [0.29, 0.717) is 0 Å². The Balaban J connectivity index is 2.67. The first kappa shape index (κ1) is 11.1. The largest absolute Gasteiger partial charge is 0.271 e. The van der Waals surface area contributed by atoms with Gasteiger partial charge < -0.3 is 0 Å². The summed E-state index contributed by atoms with van der Waals surface area (Å²) in [5.41, 5.74) is 4.30. The molecular formula is C11H19N3. The van der Waals surface area contributed by atoms with E-state index in [1.54, 1.807) is 0 Å². The van der Waals surface area contributed by atoms with E-state index in [9.17, 15) is 0 Å². The molecule has 0 aliphatic carbocycles. The van der Waals surface area contributed by atoms with Crippen LogP contribution in [0, 0.1) is 5.41 Å². The van der Waals surface area contributed by atoms with Gasteiger partial charge in [-0.1, -0.05) is 20.8 Å². The average molecular weight is 193 g/mol. The first-order valence-electron chi connectivity index (χ1n) is 4.89. The van der Waals surface area contributed by atoms with Gasteiger partial charge in [0, 0.05) is 18.4 Å². The van der Waals surface area contributed by atoms with Crippen molar-refractivity contribution in [3.63, 3.8) is 0 Å². The smallest absolute Gasteiger partial charge is 0.0299 e. The molecule has 0 saturated heterocycles. The number of hydrogen-bond donors (Lipinski definition) is 2. The lowest BCUT2D eigenvalue weighted by Gasteiger charge is -2.30. The predicted molar refractivity (Wildman–Crippen MR) is 58.5 cm³/mol. The third kappa shape index (κ3) is 3.09. The molecule has 0 fully saturated rings. The second kappa shape index (κ2) is 4.53. The lowest BCUT2D eigenvalue weighted by atomic mass is 9.83. The van der Waals surface area contributed by atoms with Gasteiger partial charge in [-0.05, 0) is 29.5 Å². The molecular weight excluding hydrogens is 174 g/mol. The maximum atomic E-state index is 5.54. The number of nitrogens with zero attached hydrogens (tertiary/aromatic N) is 1. The second-order valence-corrected chi connectivity index (χ2v) is 4.64. The van der Waals surface area contributed by atoms with Gasteiger partial charge >= 0.3 is 0 Å². The molecule has 3 N–H and O–H groups in total. The molecule has 0 aromatic carbocycles. The molecule has 1 unspecified atom stereocenters. The SMILES string of the molecule is CC(C)(C)C(Cc1ccncc1)NN. The monoisotopic (exact) mass is 193 g/mol. The van der Waals surface area contributed by atoms with Gasteiger partial charge in [-0.25, -0.2) is 0 Å². The van der Waals surface area contributed by atoms with Crippen LogP contribution in [0.3, 0.4) is 0 Å². The minimum atomic E-state index is 0.165. The highest BCUT2D eigenvalue weighted by molar-refractivity contribution is 5.12. The van der Waals surface area contributed by atoms with Crippen molar-refractivity contribution in [3.8, 4) is 0 Å². The number of rotatable bonds is 3. The van der Waals surface area contributed by atoms with Gasteiger partial charge in [0.25, 0.3) is 0 Å². The quantitative estimate of drug-likeness (QED) is 0.565. The number of hydrogen-bond acceptors (Lipinski definition) is 3. The summed E-state index contributed by atoms with van der Waals surface area (Å²) in [6, 6.07) is 4.33. The highest BCUT2D eigenvalue weighted by atomic mass is 15.2. The summed E-state index contributed by atoms with van der Waals surface area (Å²) in [5, 5.41) is 0. The highest BCUT2D eigenvalue weighted by Crippen LogP contribution is 2.21. The fourth-order valence-corrected chi connectivity index (χ4v) is 1.37. The van der Waals surface area contributed by atoms with E-state index >= 15 is 0 Å². The summed E-state index contributed by atoms with van der Waals surface area (Å²) in [4.78, 5) is 3.99. The van der Waals surface area contributed by atoms with Gasteiger partial charge in [0.2, 0.25) is 0 Å². The Kier molecular flexibility index (Phi) is 3.61. The summed E-state index contributed by atoms with van der Waals surface area (Å²) in [7, 11) is 0. The van der Waals surface area contributed by atoms with Crippen LogP contribution >= 0.6 is 0 Å². The van der Waals surface area contributed by atoms with Crippen molar-refractivity contribution in [1.29, 1.82) is 0 Å². The normalized spacial score (nSPS) is 14.0. The molecule has 14 heavy (non-hydrogen) atoms. The lowest BCUT2D eigenvalue weighted by Crippen LogP contribution is -2.45. The van der Waals surface area contributed by atoms with Crippen LogP contribution in [0.5, 0.6) is 0 Å². The van der Waals surface area contributed by atoms with Crippen LogP contribution < -0.4 is 11.3 Å². The molecule has 0 radical (unpaired) electrons. The van der Waals surface area contributed by atoms with Gasteiger partial charge in [0.1, 0.15) is 0 Å². The zero-order valence-electron chi connectivity index (χ0n) is 9.12. The van der Waals surface area contributed by atoms with Gasteiger partial charge in [0.05, 0.1) is 0 Å². The second-order valence-electron chi connectivity index (χ2n) is 4.64. The Morgan fingerprint density at radius 1 is 1.36 bits per heavy atom. The number of aromatic nitrogens is 1. The van der Waals surface area contributed by atoms with Crippen molar-refractivity contribution in [2.75, 3.05) is 0 Å². The van der Waals surface area contributed by atoms with Crippen molar-refractivity contribution < 1.29 is 0 Å². The fourth-order valence-electron chi connectivity index (χ4n) is 1.37. The average Bonchev–Trinajstić information content (AvgIpc) is 2.14. The third-order valence-corrected chi connectivity index (χ3v) is 2.44. The summed E-state index contributed by atoms with van der Waals surface area (Å²) in [6.45, 7) is 6.54. The Labute approximate surface area is 85.7 Å². The van der Waals surface area contributed by atoms with E-state index in [1.807, 2.05) is 24.5 Å². The summed E-state index contributed by atoms with van der Waals surface area (Å²) in [6.07, 6.45) is 4.56. The summed E-state index contributed by atoms with van der Waals surface area (Å²) < 4.78 is 0. The number of nitrogens with one attached hydrogen (secondary N) is 1. The predicted octanol–water partition coefficient (Wildman–Crippen LogP) is 1.50. The van der Waals surface area contributed by atoms with Crippen LogP contribution in [-0.2, 0) is 6.42 Å². The van der Waals surface area contributed by atoms with E-state index in [2.05, 4.69) is 31.2 Å². The van der Waals surface area contributed by atoms with E-state index in [0.717, 1.165) is 6.42 Å². The fraction of sp³-hybridized carbons (Fsp3) is 0.545. The van der Waals surface area contributed by atoms with Crippen molar-refractivity contribution in [2.24, 2.45) is 11.3 Å². The van der Waals surface area contributed by atoms with E-state index < -0.39 is 0 Å². The summed E-state index contributed by atoms with van der Waals surface area (Å²) >= 11 is 0. The van der Waals surface area contributed by atoms with Gasteiger partial charge in [-0.3, -0.25) is 16.3 Å². The zero-order chi connectivity index (χ0) is 10.6. The van der Waals surface area contributed by atoms with Crippen LogP contribution in [0.2, 0.25) is 0 Å². The Morgan fingerprint density at radius 2 is 1.93 bits per heavy atom. The first-order valence-corrected chi connectivity index (χ1v) is 4.89. The van der Waals surface area contributed by atoms with Crippen LogP contribution in [0.1, 0.15) is 26.3 Å². The summed E-state index contributed by atoms with van der Waals surface area (Å²) in [5.74, 6) is 5.54. The standard InChI is InChI=1S/C11H19N3/c1-11(2,3)10(14-12)8-9-4-6-13-7-5-9/h4-7,10,14H,8,12H2,1-3H3. The van der Waals surface area contributed by atoms with Gasteiger partial charge in [-0.15, -0.1) is 0 Å². The van der Waals surface area contributed by atoms with Crippen molar-refractivity contribution >= 4 is 0 Å². The number of pyridine rings is 1. The van der Waals surface area contributed by atoms with Crippen molar-refractivity contribution in [1.82, 2.24) is 10.4 Å². The van der Waals surface area contributed by atoms with E-state index in [1.165, 1.54) is 5.56 Å².